The quantitative estimate of drug-likeness (QED) is 0.845. The van der Waals surface area contributed by atoms with Crippen LogP contribution < -0.4 is 0 Å². The molecule has 0 spiro atoms. The summed E-state index contributed by atoms with van der Waals surface area (Å²) in [4.78, 5) is 7.28. The van der Waals surface area contributed by atoms with Gasteiger partial charge in [-0.3, -0.25) is 4.90 Å². The van der Waals surface area contributed by atoms with Gasteiger partial charge in [0.25, 0.3) is 0 Å². The molecule has 2 aromatic heterocycles. The van der Waals surface area contributed by atoms with Crippen LogP contribution in [0, 0.1) is 6.92 Å². The van der Waals surface area contributed by atoms with Crippen LogP contribution in [0.4, 0.5) is 0 Å². The number of ether oxygens (including phenoxy) is 2. The molecular formula is C19H27N3O2. The van der Waals surface area contributed by atoms with Gasteiger partial charge in [0.1, 0.15) is 5.65 Å². The molecule has 0 aromatic carbocycles. The van der Waals surface area contributed by atoms with E-state index in [1.165, 1.54) is 12.0 Å². The van der Waals surface area contributed by atoms with Crippen LogP contribution in [-0.4, -0.2) is 52.8 Å². The highest BCUT2D eigenvalue weighted by Crippen LogP contribution is 2.19. The van der Waals surface area contributed by atoms with E-state index in [1.807, 2.05) is 0 Å². The number of hydrogen-bond acceptors (Lipinski definition) is 4. The van der Waals surface area contributed by atoms with Crippen molar-refractivity contribution < 1.29 is 9.47 Å². The zero-order valence-electron chi connectivity index (χ0n) is 14.5. The Kier molecular flexibility index (Phi) is 4.83. The Morgan fingerprint density at radius 2 is 2.17 bits per heavy atom. The maximum absolute atomic E-state index is 6.06. The Morgan fingerprint density at radius 1 is 1.29 bits per heavy atom. The van der Waals surface area contributed by atoms with Gasteiger partial charge in [0.05, 0.1) is 24.5 Å². The molecule has 4 rings (SSSR count). The number of imidazole rings is 1. The Balaban J connectivity index is 1.27. The minimum atomic E-state index is 0.337. The van der Waals surface area contributed by atoms with Crippen molar-refractivity contribution in [2.75, 3.05) is 26.3 Å². The number of pyridine rings is 1. The highest BCUT2D eigenvalue weighted by Gasteiger charge is 2.23. The number of aromatic nitrogens is 2. The highest BCUT2D eigenvalue weighted by atomic mass is 16.5. The van der Waals surface area contributed by atoms with Gasteiger partial charge in [-0.15, -0.1) is 0 Å². The van der Waals surface area contributed by atoms with E-state index < -0.39 is 0 Å². The Bertz CT molecular complexity index is 670. The van der Waals surface area contributed by atoms with Crippen molar-refractivity contribution in [2.24, 2.45) is 0 Å². The maximum atomic E-state index is 6.06. The van der Waals surface area contributed by atoms with Gasteiger partial charge in [-0.25, -0.2) is 4.98 Å². The summed E-state index contributed by atoms with van der Waals surface area (Å²) < 4.78 is 13.8. The minimum absolute atomic E-state index is 0.337. The molecule has 0 amide bonds. The first-order chi connectivity index (χ1) is 11.8. The molecule has 2 aliphatic rings. The lowest BCUT2D eigenvalue weighted by atomic mass is 10.1. The van der Waals surface area contributed by atoms with E-state index in [-0.39, 0.29) is 0 Å². The summed E-state index contributed by atoms with van der Waals surface area (Å²) in [6.45, 7) is 6.90. The van der Waals surface area contributed by atoms with E-state index in [2.05, 4.69) is 40.8 Å². The molecule has 0 radical (unpaired) electrons. The number of rotatable bonds is 5. The summed E-state index contributed by atoms with van der Waals surface area (Å²) in [6, 6.07) is 4.19. The summed E-state index contributed by atoms with van der Waals surface area (Å²) in [5, 5.41) is 0. The van der Waals surface area contributed by atoms with Crippen molar-refractivity contribution in [3.8, 4) is 0 Å². The van der Waals surface area contributed by atoms with Gasteiger partial charge < -0.3 is 13.9 Å². The topological polar surface area (TPSA) is 39.0 Å². The summed E-state index contributed by atoms with van der Waals surface area (Å²) in [5.41, 5.74) is 3.45. The van der Waals surface area contributed by atoms with Gasteiger partial charge in [-0.05, 0) is 44.2 Å². The largest absolute Gasteiger partial charge is 0.376 e. The average molecular weight is 329 g/mol. The third-order valence-corrected chi connectivity index (χ3v) is 5.19. The Labute approximate surface area is 143 Å². The molecule has 4 heterocycles. The van der Waals surface area contributed by atoms with E-state index in [4.69, 9.17) is 14.5 Å². The lowest BCUT2D eigenvalue weighted by Gasteiger charge is -2.31. The molecule has 130 valence electrons. The summed E-state index contributed by atoms with van der Waals surface area (Å²) in [6.07, 6.45) is 9.53. The molecule has 2 aromatic rings. The number of aryl methyl sites for hydroxylation is 1. The summed E-state index contributed by atoms with van der Waals surface area (Å²) in [5.74, 6) is 0. The average Bonchev–Trinajstić information content (AvgIpc) is 3.24. The second kappa shape index (κ2) is 7.21. The third kappa shape index (κ3) is 3.63. The second-order valence-electron chi connectivity index (χ2n) is 7.10. The summed E-state index contributed by atoms with van der Waals surface area (Å²) >= 11 is 0. The van der Waals surface area contributed by atoms with Crippen molar-refractivity contribution in [3.05, 3.63) is 35.8 Å². The zero-order valence-corrected chi connectivity index (χ0v) is 14.5. The van der Waals surface area contributed by atoms with Crippen molar-refractivity contribution in [2.45, 2.75) is 51.4 Å². The van der Waals surface area contributed by atoms with Gasteiger partial charge in [0, 0.05) is 38.6 Å². The Hall–Kier alpha value is -1.43. The molecule has 1 atom stereocenters. The number of piperidine rings is 1. The van der Waals surface area contributed by atoms with E-state index in [1.54, 1.807) is 0 Å². The fourth-order valence-corrected chi connectivity index (χ4v) is 3.76. The smallest absolute Gasteiger partial charge is 0.139 e. The van der Waals surface area contributed by atoms with E-state index in [9.17, 15) is 0 Å². The number of hydrogen-bond donors (Lipinski definition) is 0. The van der Waals surface area contributed by atoms with Gasteiger partial charge in [-0.2, -0.15) is 0 Å². The second-order valence-corrected chi connectivity index (χ2v) is 7.10. The molecule has 0 unspecified atom stereocenters. The Morgan fingerprint density at radius 3 is 2.92 bits per heavy atom. The predicted molar refractivity (Wildman–Crippen MR) is 93.2 cm³/mol. The molecule has 5 nitrogen and oxygen atoms in total. The zero-order chi connectivity index (χ0) is 16.4. The van der Waals surface area contributed by atoms with Crippen LogP contribution in [0.5, 0.6) is 0 Å². The van der Waals surface area contributed by atoms with Crippen LogP contribution in [-0.2, 0) is 16.0 Å². The van der Waals surface area contributed by atoms with Crippen LogP contribution in [0.15, 0.2) is 24.5 Å². The van der Waals surface area contributed by atoms with E-state index in [0.29, 0.717) is 12.2 Å². The van der Waals surface area contributed by atoms with Crippen molar-refractivity contribution in [1.82, 2.24) is 14.3 Å². The number of likely N-dealkylation sites (tertiary alicyclic amines) is 1. The highest BCUT2D eigenvalue weighted by molar-refractivity contribution is 5.47. The van der Waals surface area contributed by atoms with Crippen LogP contribution in [0.2, 0.25) is 0 Å². The van der Waals surface area contributed by atoms with E-state index in [0.717, 1.165) is 63.5 Å². The maximum Gasteiger partial charge on any atom is 0.139 e. The van der Waals surface area contributed by atoms with Gasteiger partial charge >= 0.3 is 0 Å². The molecule has 0 N–H and O–H groups in total. The summed E-state index contributed by atoms with van der Waals surface area (Å²) in [7, 11) is 0. The van der Waals surface area contributed by atoms with Crippen molar-refractivity contribution in [3.63, 3.8) is 0 Å². The first-order valence-electron chi connectivity index (χ1n) is 9.17. The molecular weight excluding hydrogens is 302 g/mol. The van der Waals surface area contributed by atoms with Crippen LogP contribution >= 0.6 is 0 Å². The molecule has 5 heteroatoms. The lowest BCUT2D eigenvalue weighted by Crippen LogP contribution is -2.37. The van der Waals surface area contributed by atoms with Crippen LogP contribution in [0.25, 0.3) is 5.65 Å². The number of nitrogens with zero attached hydrogens (tertiary/aromatic N) is 3. The van der Waals surface area contributed by atoms with E-state index >= 15 is 0 Å². The lowest BCUT2D eigenvalue weighted by molar-refractivity contribution is -0.0427. The first kappa shape index (κ1) is 16.1. The predicted octanol–water partition coefficient (Wildman–Crippen LogP) is 2.80. The molecule has 0 aliphatic carbocycles. The molecule has 0 saturated carbocycles. The van der Waals surface area contributed by atoms with Gasteiger partial charge in [-0.1, -0.05) is 6.07 Å². The SMILES string of the molecule is Cc1cccn2cc(CN3CCC(OC[C@H]4CCCO4)CC3)nc12. The number of fused-ring (bicyclic) bond motifs is 1. The van der Waals surface area contributed by atoms with Crippen LogP contribution in [0.1, 0.15) is 36.9 Å². The monoisotopic (exact) mass is 329 g/mol. The molecule has 2 aliphatic heterocycles. The van der Waals surface area contributed by atoms with Crippen molar-refractivity contribution in [1.29, 1.82) is 0 Å². The third-order valence-electron chi connectivity index (χ3n) is 5.19. The van der Waals surface area contributed by atoms with Crippen LogP contribution in [0.3, 0.4) is 0 Å². The molecule has 0 bridgehead atoms. The van der Waals surface area contributed by atoms with Gasteiger partial charge in [0.2, 0.25) is 0 Å². The molecule has 2 fully saturated rings. The normalized spacial score (nSPS) is 23.3. The standard InChI is InChI=1S/C19H27N3O2/c1-15-4-2-8-22-13-16(20-19(15)22)12-21-9-6-17(7-10-21)24-14-18-5-3-11-23-18/h2,4,8,13,17-18H,3,5-7,9-12,14H2,1H3/t18-/m1/s1. The van der Waals surface area contributed by atoms with Crippen molar-refractivity contribution >= 4 is 5.65 Å². The van der Waals surface area contributed by atoms with Gasteiger partial charge in [0.15, 0.2) is 0 Å². The molecule has 2 saturated heterocycles. The fourth-order valence-electron chi connectivity index (χ4n) is 3.76. The molecule has 24 heavy (non-hydrogen) atoms. The first-order valence-corrected chi connectivity index (χ1v) is 9.17. The minimum Gasteiger partial charge on any atom is -0.376 e. The fraction of sp³-hybridized carbons (Fsp3) is 0.632.